The van der Waals surface area contributed by atoms with Crippen molar-refractivity contribution in [1.82, 2.24) is 4.98 Å². The maximum absolute atomic E-state index is 6.03. The smallest absolute Gasteiger partial charge is 0.132 e. The molecule has 0 unspecified atom stereocenters. The topological polar surface area (TPSA) is 51.3 Å². The van der Waals surface area contributed by atoms with Crippen molar-refractivity contribution in [2.75, 3.05) is 0 Å². The standard InChI is InChI=1S/C16H13N3/c17-16(13-7-4-10-18-11-13)19-15-9-3-6-12-5-1-2-8-14(12)15/h1-11H,(H2,17,19). The number of amidine groups is 1. The number of nitrogens with zero attached hydrogens (tertiary/aromatic N) is 2. The Labute approximate surface area is 111 Å². The molecule has 0 aliphatic carbocycles. The fourth-order valence-electron chi connectivity index (χ4n) is 2.01. The second kappa shape index (κ2) is 4.90. The molecule has 3 heteroatoms. The van der Waals surface area contributed by atoms with Crippen LogP contribution in [0.2, 0.25) is 0 Å². The van der Waals surface area contributed by atoms with Crippen molar-refractivity contribution in [3.8, 4) is 0 Å². The molecular formula is C16H13N3. The molecule has 0 aliphatic heterocycles. The fourth-order valence-corrected chi connectivity index (χ4v) is 2.01. The number of fused-ring (bicyclic) bond motifs is 1. The Morgan fingerprint density at radius 3 is 2.63 bits per heavy atom. The summed E-state index contributed by atoms with van der Waals surface area (Å²) in [5, 5.41) is 2.25. The lowest BCUT2D eigenvalue weighted by Gasteiger charge is -2.04. The second-order valence-electron chi connectivity index (χ2n) is 4.24. The lowest BCUT2D eigenvalue weighted by Crippen LogP contribution is -2.12. The van der Waals surface area contributed by atoms with Gasteiger partial charge in [-0.05, 0) is 23.6 Å². The van der Waals surface area contributed by atoms with Crippen molar-refractivity contribution in [3.05, 3.63) is 72.6 Å². The van der Waals surface area contributed by atoms with Crippen LogP contribution < -0.4 is 5.73 Å². The number of aromatic nitrogens is 1. The van der Waals surface area contributed by atoms with Gasteiger partial charge in [-0.2, -0.15) is 0 Å². The summed E-state index contributed by atoms with van der Waals surface area (Å²) in [5.41, 5.74) is 7.73. The lowest BCUT2D eigenvalue weighted by molar-refractivity contribution is 1.30. The zero-order valence-electron chi connectivity index (χ0n) is 10.3. The summed E-state index contributed by atoms with van der Waals surface area (Å²) in [7, 11) is 0. The van der Waals surface area contributed by atoms with Crippen LogP contribution in [-0.4, -0.2) is 10.8 Å². The lowest BCUT2D eigenvalue weighted by atomic mass is 10.1. The monoisotopic (exact) mass is 247 g/mol. The predicted molar refractivity (Wildman–Crippen MR) is 78.6 cm³/mol. The van der Waals surface area contributed by atoms with Crippen molar-refractivity contribution in [3.63, 3.8) is 0 Å². The molecule has 0 aliphatic rings. The van der Waals surface area contributed by atoms with E-state index in [4.69, 9.17) is 5.73 Å². The minimum atomic E-state index is 0.476. The molecule has 92 valence electrons. The van der Waals surface area contributed by atoms with Crippen LogP contribution >= 0.6 is 0 Å². The van der Waals surface area contributed by atoms with Gasteiger partial charge >= 0.3 is 0 Å². The van der Waals surface area contributed by atoms with Crippen LogP contribution in [0.4, 0.5) is 5.69 Å². The second-order valence-corrected chi connectivity index (χ2v) is 4.24. The minimum Gasteiger partial charge on any atom is -0.383 e. The number of hydrogen-bond acceptors (Lipinski definition) is 2. The van der Waals surface area contributed by atoms with Gasteiger partial charge < -0.3 is 5.73 Å². The Morgan fingerprint density at radius 1 is 0.947 bits per heavy atom. The highest BCUT2D eigenvalue weighted by molar-refractivity contribution is 6.02. The molecule has 0 saturated carbocycles. The average molecular weight is 247 g/mol. The molecule has 3 nitrogen and oxygen atoms in total. The van der Waals surface area contributed by atoms with Gasteiger partial charge in [0.05, 0.1) is 5.69 Å². The molecule has 1 aromatic heterocycles. The number of nitrogens with two attached hydrogens (primary N) is 1. The van der Waals surface area contributed by atoms with E-state index in [1.165, 1.54) is 0 Å². The number of aliphatic imine (C=N–C) groups is 1. The van der Waals surface area contributed by atoms with Crippen molar-refractivity contribution >= 4 is 22.3 Å². The van der Waals surface area contributed by atoms with E-state index in [-0.39, 0.29) is 0 Å². The summed E-state index contributed by atoms with van der Waals surface area (Å²) < 4.78 is 0. The van der Waals surface area contributed by atoms with Gasteiger partial charge in [-0.25, -0.2) is 4.99 Å². The highest BCUT2D eigenvalue weighted by Crippen LogP contribution is 2.25. The SMILES string of the molecule is NC(=Nc1cccc2ccccc12)c1cccnc1. The summed E-state index contributed by atoms with van der Waals surface area (Å²) >= 11 is 0. The number of pyridine rings is 1. The van der Waals surface area contributed by atoms with E-state index in [0.29, 0.717) is 5.84 Å². The summed E-state index contributed by atoms with van der Waals surface area (Å²) in [6, 6.07) is 17.9. The Kier molecular flexibility index (Phi) is 2.94. The Morgan fingerprint density at radius 2 is 1.79 bits per heavy atom. The predicted octanol–water partition coefficient (Wildman–Crippen LogP) is 3.27. The number of hydrogen-bond donors (Lipinski definition) is 1. The minimum absolute atomic E-state index is 0.476. The molecule has 0 atom stereocenters. The Balaban J connectivity index is 2.11. The molecule has 0 amide bonds. The van der Waals surface area contributed by atoms with Crippen LogP contribution in [0.3, 0.4) is 0 Å². The Hall–Kier alpha value is -2.68. The van der Waals surface area contributed by atoms with Gasteiger partial charge in [0, 0.05) is 23.3 Å². The fraction of sp³-hybridized carbons (Fsp3) is 0. The quantitative estimate of drug-likeness (QED) is 0.558. The highest BCUT2D eigenvalue weighted by atomic mass is 14.9. The van der Waals surface area contributed by atoms with E-state index < -0.39 is 0 Å². The van der Waals surface area contributed by atoms with Crippen LogP contribution in [-0.2, 0) is 0 Å². The summed E-state index contributed by atoms with van der Waals surface area (Å²) in [6.45, 7) is 0. The van der Waals surface area contributed by atoms with Crippen LogP contribution in [0.15, 0.2) is 72.0 Å². The van der Waals surface area contributed by atoms with Gasteiger partial charge in [0.1, 0.15) is 5.84 Å². The van der Waals surface area contributed by atoms with Crippen LogP contribution in [0.5, 0.6) is 0 Å². The van der Waals surface area contributed by atoms with E-state index in [1.807, 2.05) is 42.5 Å². The largest absolute Gasteiger partial charge is 0.383 e. The molecule has 0 fully saturated rings. The van der Waals surface area contributed by atoms with Gasteiger partial charge in [-0.15, -0.1) is 0 Å². The highest BCUT2D eigenvalue weighted by Gasteiger charge is 2.01. The van der Waals surface area contributed by atoms with Crippen molar-refractivity contribution in [2.24, 2.45) is 10.7 Å². The van der Waals surface area contributed by atoms with Crippen molar-refractivity contribution < 1.29 is 0 Å². The molecule has 0 bridgehead atoms. The summed E-state index contributed by atoms with van der Waals surface area (Å²) in [6.07, 6.45) is 3.43. The number of benzene rings is 2. The average Bonchev–Trinajstić information content (AvgIpc) is 2.48. The van der Waals surface area contributed by atoms with Gasteiger partial charge in [-0.1, -0.05) is 36.4 Å². The van der Waals surface area contributed by atoms with Gasteiger partial charge in [-0.3, -0.25) is 4.98 Å². The molecule has 3 rings (SSSR count). The third-order valence-electron chi connectivity index (χ3n) is 2.96. The molecule has 0 saturated heterocycles. The van der Waals surface area contributed by atoms with Gasteiger partial charge in [0.2, 0.25) is 0 Å². The maximum Gasteiger partial charge on any atom is 0.132 e. The van der Waals surface area contributed by atoms with E-state index in [2.05, 4.69) is 22.1 Å². The van der Waals surface area contributed by atoms with Gasteiger partial charge in [0.15, 0.2) is 0 Å². The van der Waals surface area contributed by atoms with E-state index in [1.54, 1.807) is 12.4 Å². The third kappa shape index (κ3) is 2.31. The third-order valence-corrected chi connectivity index (χ3v) is 2.96. The zero-order valence-corrected chi connectivity index (χ0v) is 10.3. The van der Waals surface area contributed by atoms with Crippen LogP contribution in [0, 0.1) is 0 Å². The summed E-state index contributed by atoms with van der Waals surface area (Å²) in [4.78, 5) is 8.56. The van der Waals surface area contributed by atoms with Crippen molar-refractivity contribution in [1.29, 1.82) is 0 Å². The molecule has 0 radical (unpaired) electrons. The molecule has 19 heavy (non-hydrogen) atoms. The van der Waals surface area contributed by atoms with E-state index in [0.717, 1.165) is 22.0 Å². The molecule has 0 spiro atoms. The molecule has 2 aromatic carbocycles. The maximum atomic E-state index is 6.03. The molecular weight excluding hydrogens is 234 g/mol. The normalized spacial score (nSPS) is 11.7. The van der Waals surface area contributed by atoms with Crippen LogP contribution in [0.25, 0.3) is 10.8 Å². The zero-order chi connectivity index (χ0) is 13.1. The first kappa shape index (κ1) is 11.4. The Bertz CT molecular complexity index is 728. The first-order valence-electron chi connectivity index (χ1n) is 6.07. The molecule has 1 heterocycles. The molecule has 2 N–H and O–H groups in total. The van der Waals surface area contributed by atoms with Gasteiger partial charge in [0.25, 0.3) is 0 Å². The van der Waals surface area contributed by atoms with E-state index in [9.17, 15) is 0 Å². The van der Waals surface area contributed by atoms with Crippen molar-refractivity contribution in [2.45, 2.75) is 0 Å². The van der Waals surface area contributed by atoms with E-state index >= 15 is 0 Å². The first-order valence-corrected chi connectivity index (χ1v) is 6.07. The summed E-state index contributed by atoms with van der Waals surface area (Å²) in [5.74, 6) is 0.476. The number of rotatable bonds is 2. The van der Waals surface area contributed by atoms with Crippen LogP contribution in [0.1, 0.15) is 5.56 Å². The first-order chi connectivity index (χ1) is 9.34. The molecule has 3 aromatic rings.